The van der Waals surface area contributed by atoms with Crippen molar-refractivity contribution in [2.24, 2.45) is 0 Å². The number of carbonyl (C=O) groups excluding carboxylic acids is 1. The number of rotatable bonds is 5. The van der Waals surface area contributed by atoms with Crippen LogP contribution in [0.3, 0.4) is 0 Å². The number of allylic oxidation sites excluding steroid dienone is 1. The van der Waals surface area contributed by atoms with E-state index in [1.807, 2.05) is 37.3 Å². The van der Waals surface area contributed by atoms with Crippen molar-refractivity contribution in [3.63, 3.8) is 0 Å². The van der Waals surface area contributed by atoms with Gasteiger partial charge in [-0.1, -0.05) is 12.1 Å². The fourth-order valence-electron chi connectivity index (χ4n) is 2.78. The van der Waals surface area contributed by atoms with E-state index in [0.29, 0.717) is 33.7 Å². The molecule has 0 unspecified atom stereocenters. The summed E-state index contributed by atoms with van der Waals surface area (Å²) in [5, 5.41) is 0. The molecule has 0 bridgehead atoms. The van der Waals surface area contributed by atoms with Gasteiger partial charge in [0, 0.05) is 5.56 Å². The molecular formula is C22H17NO4. The third-order valence-electron chi connectivity index (χ3n) is 4.17. The Labute approximate surface area is 155 Å². The van der Waals surface area contributed by atoms with Crippen LogP contribution in [0.15, 0.2) is 69.5 Å². The Hall–Kier alpha value is -3.60. The molecule has 0 spiro atoms. The minimum atomic E-state index is -0.210. The molecule has 0 fully saturated rings. The van der Waals surface area contributed by atoms with Crippen LogP contribution in [0, 0.1) is 6.92 Å². The Morgan fingerprint density at radius 1 is 1.00 bits per heavy atom. The highest BCUT2D eigenvalue weighted by Gasteiger charge is 2.21. The maximum atomic E-state index is 13.2. The van der Waals surface area contributed by atoms with Gasteiger partial charge in [-0.25, -0.2) is 4.98 Å². The fourth-order valence-corrected chi connectivity index (χ4v) is 2.78. The molecule has 4 rings (SSSR count). The maximum absolute atomic E-state index is 13.2. The lowest BCUT2D eigenvalue weighted by molar-refractivity contribution is 0.105. The van der Waals surface area contributed by atoms with Gasteiger partial charge in [-0.05, 0) is 61.5 Å². The molecule has 0 aliphatic heterocycles. The van der Waals surface area contributed by atoms with Crippen LogP contribution in [-0.4, -0.2) is 17.9 Å². The normalized spacial score (nSPS) is 11.7. The van der Waals surface area contributed by atoms with E-state index in [-0.39, 0.29) is 11.7 Å². The van der Waals surface area contributed by atoms with Crippen molar-refractivity contribution in [1.82, 2.24) is 4.98 Å². The lowest BCUT2D eigenvalue weighted by Crippen LogP contribution is -2.03. The molecular weight excluding hydrogens is 342 g/mol. The van der Waals surface area contributed by atoms with Crippen LogP contribution < -0.4 is 4.74 Å². The number of nitrogens with zero attached hydrogens (tertiary/aromatic N) is 1. The quantitative estimate of drug-likeness (QED) is 0.364. The van der Waals surface area contributed by atoms with Gasteiger partial charge in [0.1, 0.15) is 22.8 Å². The number of aromatic nitrogens is 1. The summed E-state index contributed by atoms with van der Waals surface area (Å²) in [6.07, 6.45) is 1.66. The number of ether oxygens (including phenoxy) is 1. The molecule has 2 aromatic heterocycles. The molecule has 2 heterocycles. The molecule has 5 nitrogen and oxygen atoms in total. The number of para-hydroxylation sites is 2. The Bertz CT molecular complexity index is 1100. The highest BCUT2D eigenvalue weighted by Crippen LogP contribution is 2.27. The van der Waals surface area contributed by atoms with Gasteiger partial charge in [-0.15, -0.1) is 0 Å². The van der Waals surface area contributed by atoms with Gasteiger partial charge in [0.25, 0.3) is 0 Å². The van der Waals surface area contributed by atoms with Gasteiger partial charge in [0.05, 0.1) is 12.7 Å². The Morgan fingerprint density at radius 2 is 1.78 bits per heavy atom. The monoisotopic (exact) mass is 359 g/mol. The topological polar surface area (TPSA) is 65.5 Å². The molecule has 0 radical (unpaired) electrons. The lowest BCUT2D eigenvalue weighted by Gasteiger charge is -2.04. The van der Waals surface area contributed by atoms with Gasteiger partial charge < -0.3 is 13.6 Å². The first kappa shape index (κ1) is 16.8. The Morgan fingerprint density at radius 3 is 2.44 bits per heavy atom. The summed E-state index contributed by atoms with van der Waals surface area (Å²) < 4.78 is 16.6. The van der Waals surface area contributed by atoms with Gasteiger partial charge in [0.15, 0.2) is 11.4 Å². The van der Waals surface area contributed by atoms with Crippen LogP contribution in [0.25, 0.3) is 22.7 Å². The second-order valence-electron chi connectivity index (χ2n) is 6.05. The summed E-state index contributed by atoms with van der Waals surface area (Å²) in [6.45, 7) is 1.85. The molecule has 0 saturated heterocycles. The number of ketones is 1. The SMILES string of the molecule is COc1ccc(C(=O)C(=Cc2ccc(C)o2)c2nc3ccccc3o2)cc1. The first-order chi connectivity index (χ1) is 13.1. The first-order valence-electron chi connectivity index (χ1n) is 8.47. The van der Waals surface area contributed by atoms with E-state index >= 15 is 0 Å². The molecule has 0 aliphatic carbocycles. The smallest absolute Gasteiger partial charge is 0.231 e. The molecule has 4 aromatic rings. The molecule has 0 atom stereocenters. The van der Waals surface area contributed by atoms with E-state index in [9.17, 15) is 4.79 Å². The minimum absolute atomic E-state index is 0.210. The maximum Gasteiger partial charge on any atom is 0.231 e. The second-order valence-corrected chi connectivity index (χ2v) is 6.05. The predicted molar refractivity (Wildman–Crippen MR) is 103 cm³/mol. The highest BCUT2D eigenvalue weighted by atomic mass is 16.5. The van der Waals surface area contributed by atoms with Crippen molar-refractivity contribution in [3.05, 3.63) is 83.6 Å². The number of hydrogen-bond donors (Lipinski definition) is 0. The van der Waals surface area contributed by atoms with Crippen molar-refractivity contribution < 1.29 is 18.4 Å². The molecule has 2 aromatic carbocycles. The van der Waals surface area contributed by atoms with Crippen LogP contribution in [0.4, 0.5) is 0 Å². The highest BCUT2D eigenvalue weighted by molar-refractivity contribution is 6.31. The molecule has 27 heavy (non-hydrogen) atoms. The zero-order chi connectivity index (χ0) is 18.8. The van der Waals surface area contributed by atoms with E-state index in [4.69, 9.17) is 13.6 Å². The number of furan rings is 1. The summed E-state index contributed by atoms with van der Waals surface area (Å²) in [7, 11) is 1.58. The van der Waals surface area contributed by atoms with Crippen LogP contribution in [0.5, 0.6) is 5.75 Å². The molecule has 0 saturated carbocycles. The Balaban J connectivity index is 1.81. The number of benzene rings is 2. The van der Waals surface area contributed by atoms with Gasteiger partial charge >= 0.3 is 0 Å². The summed E-state index contributed by atoms with van der Waals surface area (Å²) in [5.74, 6) is 2.05. The fraction of sp³-hybridized carbons (Fsp3) is 0.0909. The van der Waals surface area contributed by atoms with Gasteiger partial charge in [-0.2, -0.15) is 0 Å². The standard InChI is InChI=1S/C22H17NO4/c1-14-7-10-17(26-14)13-18(21(24)15-8-11-16(25-2)12-9-15)22-23-19-5-3-4-6-20(19)27-22/h3-13H,1-2H3. The molecule has 0 N–H and O–H groups in total. The van der Waals surface area contributed by atoms with Crippen LogP contribution in [0.2, 0.25) is 0 Å². The van der Waals surface area contributed by atoms with E-state index in [2.05, 4.69) is 4.98 Å². The van der Waals surface area contributed by atoms with Crippen molar-refractivity contribution in [2.75, 3.05) is 7.11 Å². The zero-order valence-corrected chi connectivity index (χ0v) is 14.9. The second kappa shape index (κ2) is 6.96. The summed E-state index contributed by atoms with van der Waals surface area (Å²) in [6, 6.07) is 18.0. The lowest BCUT2D eigenvalue weighted by atomic mass is 10.0. The molecule has 0 amide bonds. The molecule has 5 heteroatoms. The third-order valence-corrected chi connectivity index (χ3v) is 4.17. The van der Waals surface area contributed by atoms with E-state index in [1.165, 1.54) is 0 Å². The average molecular weight is 359 g/mol. The third kappa shape index (κ3) is 3.40. The Kier molecular flexibility index (Phi) is 4.34. The molecule has 0 aliphatic rings. The van der Waals surface area contributed by atoms with Crippen LogP contribution >= 0.6 is 0 Å². The molecule has 134 valence electrons. The van der Waals surface area contributed by atoms with Crippen molar-refractivity contribution in [2.45, 2.75) is 6.92 Å². The largest absolute Gasteiger partial charge is 0.497 e. The number of oxazole rings is 1. The summed E-state index contributed by atoms with van der Waals surface area (Å²) in [4.78, 5) is 17.7. The summed E-state index contributed by atoms with van der Waals surface area (Å²) >= 11 is 0. The van der Waals surface area contributed by atoms with E-state index < -0.39 is 0 Å². The number of fused-ring (bicyclic) bond motifs is 1. The zero-order valence-electron chi connectivity index (χ0n) is 14.9. The van der Waals surface area contributed by atoms with Crippen molar-refractivity contribution >= 4 is 28.5 Å². The number of Topliss-reactive ketones (excluding diaryl/α,β-unsaturated/α-hetero) is 1. The number of carbonyl (C=O) groups is 1. The number of hydrogen-bond acceptors (Lipinski definition) is 5. The minimum Gasteiger partial charge on any atom is -0.497 e. The van der Waals surface area contributed by atoms with Crippen LogP contribution in [-0.2, 0) is 0 Å². The summed E-state index contributed by atoms with van der Waals surface area (Å²) in [5.41, 5.74) is 2.14. The van der Waals surface area contributed by atoms with E-state index in [0.717, 1.165) is 5.76 Å². The van der Waals surface area contributed by atoms with Crippen molar-refractivity contribution in [1.29, 1.82) is 0 Å². The number of aryl methyl sites for hydroxylation is 1. The van der Waals surface area contributed by atoms with Crippen molar-refractivity contribution in [3.8, 4) is 5.75 Å². The van der Waals surface area contributed by atoms with Crippen LogP contribution in [0.1, 0.15) is 27.8 Å². The van der Waals surface area contributed by atoms with Gasteiger partial charge in [0.2, 0.25) is 5.89 Å². The van der Waals surface area contributed by atoms with Gasteiger partial charge in [-0.3, -0.25) is 4.79 Å². The first-order valence-corrected chi connectivity index (χ1v) is 8.47. The van der Waals surface area contributed by atoms with E-state index in [1.54, 1.807) is 43.5 Å². The number of methoxy groups -OCH3 is 1. The predicted octanol–water partition coefficient (Wildman–Crippen LogP) is 5.16. The average Bonchev–Trinajstić information content (AvgIpc) is 3.31.